The summed E-state index contributed by atoms with van der Waals surface area (Å²) in [5, 5.41) is 17.5. The van der Waals surface area contributed by atoms with Crippen LogP contribution in [-0.4, -0.2) is 46.3 Å². The maximum Gasteiger partial charge on any atom is 0.0897 e. The number of aromatic nitrogens is 1. The molecule has 4 nitrogen and oxygen atoms in total. The zero-order valence-corrected chi connectivity index (χ0v) is 14.9. The Morgan fingerprint density at radius 3 is 2.67 bits per heavy atom. The van der Waals surface area contributed by atoms with Gasteiger partial charge in [-0.2, -0.15) is 0 Å². The molecule has 24 heavy (non-hydrogen) atoms. The van der Waals surface area contributed by atoms with Crippen molar-refractivity contribution in [2.24, 2.45) is 0 Å². The van der Waals surface area contributed by atoms with Crippen LogP contribution in [0.3, 0.4) is 0 Å². The lowest BCUT2D eigenvalue weighted by atomic mass is 10.00. The average molecular weight is 343 g/mol. The van der Waals surface area contributed by atoms with E-state index in [-0.39, 0.29) is 12.1 Å². The van der Waals surface area contributed by atoms with Gasteiger partial charge in [-0.25, -0.2) is 4.98 Å². The van der Waals surface area contributed by atoms with Gasteiger partial charge in [-0.3, -0.25) is 4.90 Å². The normalized spacial score (nSPS) is 25.1. The van der Waals surface area contributed by atoms with E-state index in [4.69, 9.17) is 0 Å². The summed E-state index contributed by atoms with van der Waals surface area (Å²) in [6.45, 7) is 4.64. The standard InChI is InChI=1S/C19H25N3OS/c1-13-20-17(12-24-13)10-22-7-6-18(19(23)11-22)21-16-8-14-4-2-3-5-15(14)9-16/h2-5,12,16,18-19,21,23H,6-11H2,1H3/t18-,19-/m1/s1. The van der Waals surface area contributed by atoms with Crippen molar-refractivity contribution in [1.82, 2.24) is 15.2 Å². The predicted octanol–water partition coefficient (Wildman–Crippen LogP) is 2.14. The van der Waals surface area contributed by atoms with Crippen LogP contribution in [0.2, 0.25) is 0 Å². The van der Waals surface area contributed by atoms with Crippen LogP contribution in [0.4, 0.5) is 0 Å². The molecule has 128 valence electrons. The van der Waals surface area contributed by atoms with Crippen LogP contribution in [-0.2, 0) is 19.4 Å². The molecule has 2 atom stereocenters. The van der Waals surface area contributed by atoms with Crippen LogP contribution in [0.15, 0.2) is 29.6 Å². The molecule has 1 aromatic heterocycles. The number of nitrogens with zero attached hydrogens (tertiary/aromatic N) is 2. The molecule has 1 aliphatic carbocycles. The molecule has 1 saturated heterocycles. The molecular formula is C19H25N3OS. The van der Waals surface area contributed by atoms with E-state index in [1.54, 1.807) is 11.3 Å². The van der Waals surface area contributed by atoms with Crippen LogP contribution >= 0.6 is 11.3 Å². The van der Waals surface area contributed by atoms with E-state index in [9.17, 15) is 5.11 Å². The lowest BCUT2D eigenvalue weighted by Crippen LogP contribution is -2.55. The van der Waals surface area contributed by atoms with Gasteiger partial charge < -0.3 is 10.4 Å². The zero-order chi connectivity index (χ0) is 16.5. The summed E-state index contributed by atoms with van der Waals surface area (Å²) in [4.78, 5) is 6.85. The number of aliphatic hydroxyl groups is 1. The SMILES string of the molecule is Cc1nc(CN2CC[C@@H](NC3Cc4ccccc4C3)[C@H](O)C2)cs1. The van der Waals surface area contributed by atoms with Gasteiger partial charge in [0.05, 0.1) is 16.8 Å². The van der Waals surface area contributed by atoms with Crippen molar-refractivity contribution in [1.29, 1.82) is 0 Å². The van der Waals surface area contributed by atoms with Crippen LogP contribution in [0.1, 0.15) is 28.2 Å². The third kappa shape index (κ3) is 3.54. The number of benzene rings is 1. The average Bonchev–Trinajstić information content (AvgIpc) is 3.15. The quantitative estimate of drug-likeness (QED) is 0.893. The number of hydrogen-bond acceptors (Lipinski definition) is 5. The number of aliphatic hydroxyl groups excluding tert-OH is 1. The molecule has 1 fully saturated rings. The molecule has 1 aliphatic heterocycles. The molecule has 2 N–H and O–H groups in total. The molecular weight excluding hydrogens is 318 g/mol. The largest absolute Gasteiger partial charge is 0.390 e. The molecule has 2 aliphatic rings. The molecule has 0 saturated carbocycles. The number of thiazole rings is 1. The molecule has 1 aromatic carbocycles. The lowest BCUT2D eigenvalue weighted by Gasteiger charge is -2.37. The van der Waals surface area contributed by atoms with Gasteiger partial charge in [-0.1, -0.05) is 24.3 Å². The number of fused-ring (bicyclic) bond motifs is 1. The van der Waals surface area contributed by atoms with E-state index < -0.39 is 0 Å². The monoisotopic (exact) mass is 343 g/mol. The Morgan fingerprint density at radius 2 is 2.04 bits per heavy atom. The number of piperidine rings is 1. The van der Waals surface area contributed by atoms with Gasteiger partial charge >= 0.3 is 0 Å². The number of nitrogens with one attached hydrogen (secondary N) is 1. The first-order valence-electron chi connectivity index (χ1n) is 8.81. The molecule has 0 unspecified atom stereocenters. The molecule has 2 heterocycles. The first kappa shape index (κ1) is 16.2. The summed E-state index contributed by atoms with van der Waals surface area (Å²) in [6.07, 6.45) is 2.86. The van der Waals surface area contributed by atoms with Crippen LogP contribution in [0.5, 0.6) is 0 Å². The minimum absolute atomic E-state index is 0.206. The molecule has 5 heteroatoms. The molecule has 4 rings (SSSR count). The van der Waals surface area contributed by atoms with E-state index in [1.807, 2.05) is 6.92 Å². The van der Waals surface area contributed by atoms with Crippen LogP contribution in [0, 0.1) is 6.92 Å². The molecule has 0 bridgehead atoms. The fourth-order valence-electron chi connectivity index (χ4n) is 4.02. The number of aryl methyl sites for hydroxylation is 1. The van der Waals surface area contributed by atoms with E-state index in [0.29, 0.717) is 6.04 Å². The first-order chi connectivity index (χ1) is 11.7. The molecule has 2 aromatic rings. The topological polar surface area (TPSA) is 48.4 Å². The number of β-amino-alcohol motifs (C(OH)–C–C–N with tert-alkyl or cyclic N) is 1. The Labute approximate surface area is 147 Å². The van der Waals surface area contributed by atoms with Gasteiger partial charge in [-0.15, -0.1) is 11.3 Å². The van der Waals surface area contributed by atoms with Crippen molar-refractivity contribution < 1.29 is 5.11 Å². The summed E-state index contributed by atoms with van der Waals surface area (Å²) in [5.41, 5.74) is 4.05. The Morgan fingerprint density at radius 1 is 1.29 bits per heavy atom. The second-order valence-electron chi connectivity index (χ2n) is 7.10. The lowest BCUT2D eigenvalue weighted by molar-refractivity contribution is 0.0329. The Bertz CT molecular complexity index is 676. The van der Waals surface area contributed by atoms with E-state index >= 15 is 0 Å². The molecule has 0 amide bonds. The highest BCUT2D eigenvalue weighted by Gasteiger charge is 2.31. The summed E-state index contributed by atoms with van der Waals surface area (Å²) < 4.78 is 0. The van der Waals surface area contributed by atoms with Crippen LogP contribution < -0.4 is 5.32 Å². The van der Waals surface area contributed by atoms with Crippen molar-refractivity contribution in [3.63, 3.8) is 0 Å². The van der Waals surface area contributed by atoms with Crippen molar-refractivity contribution >= 4 is 11.3 Å². The maximum absolute atomic E-state index is 10.6. The van der Waals surface area contributed by atoms with Crippen molar-refractivity contribution in [3.05, 3.63) is 51.5 Å². The minimum Gasteiger partial charge on any atom is -0.390 e. The highest BCUT2D eigenvalue weighted by atomic mass is 32.1. The number of likely N-dealkylation sites (tertiary alicyclic amines) is 1. The summed E-state index contributed by atoms with van der Waals surface area (Å²) in [6, 6.07) is 9.37. The van der Waals surface area contributed by atoms with Gasteiger partial charge in [-0.05, 0) is 37.3 Å². The van der Waals surface area contributed by atoms with E-state index in [0.717, 1.165) is 49.6 Å². The molecule has 0 radical (unpaired) electrons. The van der Waals surface area contributed by atoms with Crippen molar-refractivity contribution in [3.8, 4) is 0 Å². The van der Waals surface area contributed by atoms with Gasteiger partial charge in [0.2, 0.25) is 0 Å². The first-order valence-corrected chi connectivity index (χ1v) is 9.69. The third-order valence-corrected chi connectivity index (χ3v) is 6.04. The van der Waals surface area contributed by atoms with Crippen LogP contribution in [0.25, 0.3) is 0 Å². The fraction of sp³-hybridized carbons (Fsp3) is 0.526. The van der Waals surface area contributed by atoms with E-state index in [2.05, 4.69) is 44.8 Å². The predicted molar refractivity (Wildman–Crippen MR) is 97.3 cm³/mol. The second-order valence-corrected chi connectivity index (χ2v) is 8.16. The maximum atomic E-state index is 10.6. The summed E-state index contributed by atoms with van der Waals surface area (Å²) in [7, 11) is 0. The second kappa shape index (κ2) is 6.92. The minimum atomic E-state index is -0.304. The Kier molecular flexibility index (Phi) is 4.68. The fourth-order valence-corrected chi connectivity index (χ4v) is 4.63. The molecule has 0 spiro atoms. The van der Waals surface area contributed by atoms with Gasteiger partial charge in [0, 0.05) is 37.1 Å². The summed E-state index contributed by atoms with van der Waals surface area (Å²) in [5.74, 6) is 0. The number of hydrogen-bond donors (Lipinski definition) is 2. The van der Waals surface area contributed by atoms with E-state index in [1.165, 1.54) is 11.1 Å². The van der Waals surface area contributed by atoms with Gasteiger partial charge in [0.1, 0.15) is 0 Å². The summed E-state index contributed by atoms with van der Waals surface area (Å²) >= 11 is 1.70. The Balaban J connectivity index is 1.30. The van der Waals surface area contributed by atoms with Crippen molar-refractivity contribution in [2.45, 2.75) is 50.9 Å². The highest BCUT2D eigenvalue weighted by molar-refractivity contribution is 7.09. The zero-order valence-electron chi connectivity index (χ0n) is 14.1. The van der Waals surface area contributed by atoms with Gasteiger partial charge in [0.15, 0.2) is 0 Å². The number of rotatable bonds is 4. The highest BCUT2D eigenvalue weighted by Crippen LogP contribution is 2.23. The van der Waals surface area contributed by atoms with Crippen molar-refractivity contribution in [2.75, 3.05) is 13.1 Å². The third-order valence-electron chi connectivity index (χ3n) is 5.22. The van der Waals surface area contributed by atoms with Gasteiger partial charge in [0.25, 0.3) is 0 Å². The Hall–Kier alpha value is -1.27. The smallest absolute Gasteiger partial charge is 0.0897 e.